The van der Waals surface area contributed by atoms with Crippen molar-refractivity contribution in [1.82, 2.24) is 4.57 Å². The zero-order valence-electron chi connectivity index (χ0n) is 21.8. The number of aliphatic hydroxyl groups excluding tert-OH is 2. The average Bonchev–Trinajstić information content (AvgIpc) is 3.24. The molecule has 5 nitrogen and oxygen atoms in total. The second-order valence-electron chi connectivity index (χ2n) is 9.87. The van der Waals surface area contributed by atoms with Crippen LogP contribution in [0.5, 0.6) is 0 Å². The summed E-state index contributed by atoms with van der Waals surface area (Å²) in [5.74, 6) is -0.112. The molecule has 0 fully saturated rings. The molecule has 1 heterocycles. The van der Waals surface area contributed by atoms with Gasteiger partial charge in [-0.2, -0.15) is 0 Å². The van der Waals surface area contributed by atoms with Crippen LogP contribution in [0.4, 0.5) is 5.69 Å². The van der Waals surface area contributed by atoms with Gasteiger partial charge in [0.15, 0.2) is 0 Å². The Labute approximate surface area is 219 Å². The van der Waals surface area contributed by atoms with Gasteiger partial charge < -0.3 is 20.1 Å². The summed E-state index contributed by atoms with van der Waals surface area (Å²) in [7, 11) is 0. The Bertz CT molecular complexity index is 1300. The van der Waals surface area contributed by atoms with E-state index >= 15 is 0 Å². The summed E-state index contributed by atoms with van der Waals surface area (Å²) < 4.78 is 2.20. The number of nitrogens with zero attached hydrogens (tertiary/aromatic N) is 1. The molecule has 0 bridgehead atoms. The van der Waals surface area contributed by atoms with Crippen molar-refractivity contribution in [2.24, 2.45) is 0 Å². The van der Waals surface area contributed by atoms with Crippen LogP contribution in [-0.4, -0.2) is 32.9 Å². The normalized spacial score (nSPS) is 12.9. The Morgan fingerprint density at radius 2 is 1.35 bits per heavy atom. The lowest BCUT2D eigenvalue weighted by Crippen LogP contribution is -2.19. The van der Waals surface area contributed by atoms with E-state index in [-0.39, 0.29) is 11.8 Å². The van der Waals surface area contributed by atoms with Gasteiger partial charge >= 0.3 is 0 Å². The monoisotopic (exact) mass is 496 g/mol. The molecular weight excluding hydrogens is 460 g/mol. The Kier molecular flexibility index (Phi) is 8.59. The molecule has 37 heavy (non-hydrogen) atoms. The largest absolute Gasteiger partial charge is 0.393 e. The smallest absolute Gasteiger partial charge is 0.258 e. The second-order valence-corrected chi connectivity index (χ2v) is 9.87. The molecular formula is C32H36N2O3. The standard InChI is InChI=1S/C32H36N2O3/c1-22(2)30-29(32(37)33-26-17-11-6-12-18-26)28(24-13-7-4-8-14-24)31(25-15-9-5-10-16-25)34(30)20-19-27(36)21-23(3)35/h4-18,22-23,27,35-36H,19-21H2,1-3H3,(H,33,37)/t23-,27+/m0/s1. The highest BCUT2D eigenvalue weighted by atomic mass is 16.3. The molecule has 3 aromatic carbocycles. The van der Waals surface area contributed by atoms with Gasteiger partial charge in [0.1, 0.15) is 0 Å². The minimum absolute atomic E-state index is 0.0466. The van der Waals surface area contributed by atoms with Crippen LogP contribution >= 0.6 is 0 Å². The lowest BCUT2D eigenvalue weighted by atomic mass is 9.94. The van der Waals surface area contributed by atoms with E-state index in [1.54, 1.807) is 6.92 Å². The van der Waals surface area contributed by atoms with E-state index < -0.39 is 12.2 Å². The number of benzene rings is 3. The van der Waals surface area contributed by atoms with Crippen molar-refractivity contribution in [3.8, 4) is 22.4 Å². The van der Waals surface area contributed by atoms with Crippen molar-refractivity contribution in [2.75, 3.05) is 5.32 Å². The maximum atomic E-state index is 14.0. The van der Waals surface area contributed by atoms with E-state index in [1.807, 2.05) is 78.9 Å². The summed E-state index contributed by atoms with van der Waals surface area (Å²) in [6.45, 7) is 6.40. The molecule has 192 valence electrons. The molecule has 0 aliphatic heterocycles. The van der Waals surface area contributed by atoms with Crippen LogP contribution < -0.4 is 5.32 Å². The van der Waals surface area contributed by atoms with E-state index in [0.29, 0.717) is 24.9 Å². The van der Waals surface area contributed by atoms with Crippen LogP contribution in [-0.2, 0) is 6.54 Å². The van der Waals surface area contributed by atoms with E-state index in [1.165, 1.54) is 0 Å². The minimum atomic E-state index is -0.646. The number of hydrogen-bond donors (Lipinski definition) is 3. The summed E-state index contributed by atoms with van der Waals surface area (Å²) in [5.41, 5.74) is 6.12. The molecule has 1 amide bonds. The molecule has 0 saturated carbocycles. The zero-order valence-corrected chi connectivity index (χ0v) is 21.8. The first kappa shape index (κ1) is 26.4. The molecule has 0 unspecified atom stereocenters. The number of carbonyl (C=O) groups is 1. The van der Waals surface area contributed by atoms with Crippen LogP contribution in [0.2, 0.25) is 0 Å². The molecule has 4 aromatic rings. The molecule has 0 aliphatic rings. The van der Waals surface area contributed by atoms with Crippen LogP contribution in [0.25, 0.3) is 22.4 Å². The van der Waals surface area contributed by atoms with Crippen molar-refractivity contribution in [3.05, 3.63) is 102 Å². The fourth-order valence-electron chi connectivity index (χ4n) is 4.99. The number of para-hydroxylation sites is 1. The van der Waals surface area contributed by atoms with Crippen molar-refractivity contribution in [3.63, 3.8) is 0 Å². The van der Waals surface area contributed by atoms with Gasteiger partial charge in [0.2, 0.25) is 0 Å². The Hall–Kier alpha value is -3.67. The summed E-state index contributed by atoms with van der Waals surface area (Å²) in [6.07, 6.45) is -0.448. The zero-order chi connectivity index (χ0) is 26.4. The lowest BCUT2D eigenvalue weighted by molar-refractivity contribution is 0.0822. The molecule has 0 radical (unpaired) electrons. The number of carbonyl (C=O) groups excluding carboxylic acids is 1. The van der Waals surface area contributed by atoms with Crippen molar-refractivity contribution < 1.29 is 15.0 Å². The molecule has 5 heteroatoms. The van der Waals surface area contributed by atoms with Gasteiger partial charge in [0.05, 0.1) is 23.5 Å². The van der Waals surface area contributed by atoms with Gasteiger partial charge in [-0.25, -0.2) is 0 Å². The maximum Gasteiger partial charge on any atom is 0.258 e. The number of hydrogen-bond acceptors (Lipinski definition) is 3. The van der Waals surface area contributed by atoms with E-state index in [2.05, 4.69) is 35.9 Å². The molecule has 1 aromatic heterocycles. The summed E-state index contributed by atoms with van der Waals surface area (Å²) in [6, 6.07) is 29.6. The third kappa shape index (κ3) is 6.19. The summed E-state index contributed by atoms with van der Waals surface area (Å²) in [4.78, 5) is 14.0. The predicted octanol–water partition coefficient (Wildman–Crippen LogP) is 6.72. The highest BCUT2D eigenvalue weighted by Crippen LogP contribution is 2.42. The molecule has 3 N–H and O–H groups in total. The number of anilines is 1. The van der Waals surface area contributed by atoms with E-state index in [9.17, 15) is 15.0 Å². The number of rotatable bonds is 10. The van der Waals surface area contributed by atoms with Gasteiger partial charge in [-0.1, -0.05) is 92.7 Å². The highest BCUT2D eigenvalue weighted by molar-refractivity contribution is 6.12. The summed E-state index contributed by atoms with van der Waals surface area (Å²) in [5, 5.41) is 23.5. The van der Waals surface area contributed by atoms with Crippen molar-refractivity contribution >= 4 is 11.6 Å². The average molecular weight is 497 g/mol. The Balaban J connectivity index is 1.96. The first-order valence-corrected chi connectivity index (χ1v) is 13.0. The number of amides is 1. The molecule has 0 spiro atoms. The fourth-order valence-corrected chi connectivity index (χ4v) is 4.99. The van der Waals surface area contributed by atoms with E-state index in [4.69, 9.17) is 0 Å². The van der Waals surface area contributed by atoms with Gasteiger partial charge in [-0.3, -0.25) is 4.79 Å². The van der Waals surface area contributed by atoms with Gasteiger partial charge in [0, 0.05) is 23.5 Å². The second kappa shape index (κ2) is 12.0. The van der Waals surface area contributed by atoms with Gasteiger partial charge in [-0.15, -0.1) is 0 Å². The number of aliphatic hydroxyl groups is 2. The third-order valence-corrected chi connectivity index (χ3v) is 6.52. The third-order valence-electron chi connectivity index (χ3n) is 6.52. The Morgan fingerprint density at radius 3 is 1.89 bits per heavy atom. The van der Waals surface area contributed by atoms with Crippen LogP contribution in [0.15, 0.2) is 91.0 Å². The van der Waals surface area contributed by atoms with Crippen molar-refractivity contribution in [2.45, 2.75) is 58.3 Å². The first-order valence-electron chi connectivity index (χ1n) is 13.0. The lowest BCUT2D eigenvalue weighted by Gasteiger charge is -2.19. The van der Waals surface area contributed by atoms with Crippen LogP contribution in [0.3, 0.4) is 0 Å². The number of nitrogens with one attached hydrogen (secondary N) is 1. The van der Waals surface area contributed by atoms with Gasteiger partial charge in [0.25, 0.3) is 5.91 Å². The first-order chi connectivity index (χ1) is 17.9. The fraction of sp³-hybridized carbons (Fsp3) is 0.281. The van der Waals surface area contributed by atoms with Crippen LogP contribution in [0.1, 0.15) is 55.6 Å². The van der Waals surface area contributed by atoms with Crippen LogP contribution in [0, 0.1) is 0 Å². The molecule has 4 rings (SSSR count). The topological polar surface area (TPSA) is 74.5 Å². The Morgan fingerprint density at radius 1 is 0.811 bits per heavy atom. The predicted molar refractivity (Wildman–Crippen MR) is 151 cm³/mol. The molecule has 2 atom stereocenters. The summed E-state index contributed by atoms with van der Waals surface area (Å²) >= 11 is 0. The number of aromatic nitrogens is 1. The highest BCUT2D eigenvalue weighted by Gasteiger charge is 2.30. The van der Waals surface area contributed by atoms with E-state index in [0.717, 1.165) is 33.8 Å². The SMILES string of the molecule is CC(C)c1c(C(=O)Nc2ccccc2)c(-c2ccccc2)c(-c2ccccc2)n1CC[C@@H](O)C[C@H](C)O. The minimum Gasteiger partial charge on any atom is -0.393 e. The molecule has 0 saturated heterocycles. The van der Waals surface area contributed by atoms with Gasteiger partial charge in [-0.05, 0) is 48.9 Å². The molecule has 0 aliphatic carbocycles. The quantitative estimate of drug-likeness (QED) is 0.228. The maximum absolute atomic E-state index is 14.0. The van der Waals surface area contributed by atoms with Crippen molar-refractivity contribution in [1.29, 1.82) is 0 Å².